The number of dihydropyridines is 1. The van der Waals surface area contributed by atoms with Crippen molar-refractivity contribution < 1.29 is 67.3 Å². The highest BCUT2D eigenvalue weighted by Crippen LogP contribution is 2.45. The van der Waals surface area contributed by atoms with Crippen LogP contribution in [0, 0.1) is 9.81 Å². The number of nitroso groups, excluding NO2 is 2. The molecule has 4 rings (SSSR count). The Morgan fingerprint density at radius 1 is 0.733 bits per heavy atom. The zero-order valence-electron chi connectivity index (χ0n) is 43.8. The third-order valence-corrected chi connectivity index (χ3v) is 12.9. The lowest BCUT2D eigenvalue weighted by atomic mass is 9.79. The van der Waals surface area contributed by atoms with Crippen molar-refractivity contribution in [3.8, 4) is 0 Å². The first-order chi connectivity index (χ1) is 35.7. The highest BCUT2D eigenvalue weighted by molar-refractivity contribution is 6.41. The summed E-state index contributed by atoms with van der Waals surface area (Å²) in [6.07, 6.45) is -0.0555. The first-order valence-corrected chi connectivity index (χ1v) is 24.2. The summed E-state index contributed by atoms with van der Waals surface area (Å²) in [7, 11) is 5.25. The number of ketones is 4. The molecule has 0 aliphatic carbocycles. The Hall–Kier alpha value is -5.92. The number of benzene rings is 2. The monoisotopic (exact) mass is 1090 g/mol. The van der Waals surface area contributed by atoms with Gasteiger partial charge in [0.2, 0.25) is 17.1 Å². The third kappa shape index (κ3) is 16.1. The van der Waals surface area contributed by atoms with E-state index in [1.165, 1.54) is 54.1 Å². The quantitative estimate of drug-likeness (QED) is 0.0162. The van der Waals surface area contributed by atoms with Gasteiger partial charge in [0.25, 0.3) is 0 Å². The minimum atomic E-state index is -2.10. The van der Waals surface area contributed by atoms with Crippen molar-refractivity contribution >= 4 is 58.3 Å². The van der Waals surface area contributed by atoms with Gasteiger partial charge in [-0.15, -0.1) is 9.81 Å². The van der Waals surface area contributed by atoms with Gasteiger partial charge in [-0.1, -0.05) is 71.7 Å². The van der Waals surface area contributed by atoms with E-state index >= 15 is 0 Å². The number of hydrogen-bond donors (Lipinski definition) is 3. The number of nitrogens with one attached hydrogen (secondary N) is 2. The second-order valence-corrected chi connectivity index (χ2v) is 18.1. The number of nitrogens with zero attached hydrogens (tertiary/aromatic N) is 3. The van der Waals surface area contributed by atoms with Crippen molar-refractivity contribution in [3.63, 3.8) is 0 Å². The molecule has 0 fully saturated rings. The Labute approximate surface area is 445 Å². The topological polar surface area (TPSA) is 288 Å². The van der Waals surface area contributed by atoms with Crippen molar-refractivity contribution in [3.05, 3.63) is 125 Å². The van der Waals surface area contributed by atoms with Crippen LogP contribution in [0.25, 0.3) is 0 Å². The van der Waals surface area contributed by atoms with Crippen LogP contribution in [0.15, 0.2) is 104 Å². The fraction of sp³-hybridized carbons (Fsp3) is 0.490. The molecular formula is C51H66Cl2N6O16. The SMILES string of the molecule is CCC(=O)C(C)(N=O)C(=O)CN1C(C)=C(COOC)C(c2ccccc2Cl)C(C(=O)OC)=C1COCCN.COOCC1=C(C)NC(COCCNCC(=O)C(=O)C(C)(C)N=O)=C(C(=O)OC)C1c1ccccc1Cl. The molecule has 0 aromatic heterocycles. The van der Waals surface area contributed by atoms with E-state index in [2.05, 4.69) is 21.0 Å². The van der Waals surface area contributed by atoms with Gasteiger partial charge in [-0.2, -0.15) is 0 Å². The third-order valence-electron chi connectivity index (χ3n) is 12.2. The summed E-state index contributed by atoms with van der Waals surface area (Å²) in [5.74, 6) is -5.56. The molecule has 2 heterocycles. The Bertz CT molecular complexity index is 2550. The van der Waals surface area contributed by atoms with E-state index in [0.717, 1.165) is 11.3 Å². The normalized spacial score (nSPS) is 16.6. The maximum atomic E-state index is 13.4. The zero-order chi connectivity index (χ0) is 56.0. The molecule has 0 radical (unpaired) electrons. The summed E-state index contributed by atoms with van der Waals surface area (Å²) >= 11 is 13.1. The van der Waals surface area contributed by atoms with Gasteiger partial charge >= 0.3 is 11.9 Å². The number of esters is 2. The molecule has 22 nitrogen and oxygen atoms in total. The maximum absolute atomic E-state index is 13.4. The van der Waals surface area contributed by atoms with Crippen molar-refractivity contribution in [2.24, 2.45) is 16.1 Å². The van der Waals surface area contributed by atoms with Crippen LogP contribution in [0.1, 0.15) is 70.9 Å². The van der Waals surface area contributed by atoms with Crippen molar-refractivity contribution in [1.29, 1.82) is 0 Å². The largest absolute Gasteiger partial charge is 0.466 e. The first-order valence-electron chi connectivity index (χ1n) is 23.5. The molecule has 410 valence electrons. The van der Waals surface area contributed by atoms with Crippen molar-refractivity contribution in [2.45, 2.75) is 70.9 Å². The zero-order valence-corrected chi connectivity index (χ0v) is 45.3. The molecule has 2 aromatic carbocycles. The molecule has 3 unspecified atom stereocenters. The molecule has 0 spiro atoms. The summed E-state index contributed by atoms with van der Waals surface area (Å²) < 4.78 is 21.7. The van der Waals surface area contributed by atoms with Gasteiger partial charge < -0.3 is 40.2 Å². The number of hydrogen-bond acceptors (Lipinski definition) is 22. The average Bonchev–Trinajstić information content (AvgIpc) is 3.41. The molecule has 2 aliphatic rings. The Morgan fingerprint density at radius 2 is 1.27 bits per heavy atom. The standard InChI is InChI=1S/C26H34ClN3O8.C25H32ClN3O8/c1-6-21(31)26(3,29-34)22(32)13-30-16(2)18(14-38-36-5)23(17-9-7-8-10-19(17)27)24(25(33)35-4)20(30)15-37-12-11-28;1-15-17(13-37-35-5)21(16-8-6-7-9-18(16)26)22(24(32)34-4)19(28-15)14-36-11-10-27-12-20(30)23(31)25(2,3)29-33/h7-10,23H,6,11-15,28H2,1-5H3;6-9,21,27-28H,10-14H2,1-5H3. The lowest BCUT2D eigenvalue weighted by Crippen LogP contribution is -2.48. The van der Waals surface area contributed by atoms with Crippen LogP contribution in [0.5, 0.6) is 0 Å². The summed E-state index contributed by atoms with van der Waals surface area (Å²) in [5.41, 5.74) is 6.94. The van der Waals surface area contributed by atoms with Crippen LogP contribution in [0.4, 0.5) is 0 Å². The van der Waals surface area contributed by atoms with Crippen LogP contribution in [-0.2, 0) is 67.3 Å². The Morgan fingerprint density at radius 3 is 1.77 bits per heavy atom. The van der Waals surface area contributed by atoms with Crippen LogP contribution in [0.3, 0.4) is 0 Å². The Balaban J connectivity index is 0.000000395. The van der Waals surface area contributed by atoms with Gasteiger partial charge in [0.15, 0.2) is 17.1 Å². The summed E-state index contributed by atoms with van der Waals surface area (Å²) in [4.78, 5) is 120. The second kappa shape index (κ2) is 30.6. The van der Waals surface area contributed by atoms with Gasteiger partial charge in [0.1, 0.15) is 13.2 Å². The number of ether oxygens (including phenoxy) is 4. The van der Waals surface area contributed by atoms with Gasteiger partial charge in [-0.25, -0.2) is 29.1 Å². The number of halogens is 2. The fourth-order valence-electron chi connectivity index (χ4n) is 8.05. The summed E-state index contributed by atoms with van der Waals surface area (Å²) in [6.45, 7) is 8.81. The van der Waals surface area contributed by atoms with E-state index in [4.69, 9.17) is 67.4 Å². The summed E-state index contributed by atoms with van der Waals surface area (Å²) in [5, 5.41) is 12.4. The molecular weight excluding hydrogens is 1020 g/mol. The van der Waals surface area contributed by atoms with Crippen LogP contribution >= 0.6 is 23.2 Å². The van der Waals surface area contributed by atoms with Crippen LogP contribution in [0.2, 0.25) is 10.0 Å². The van der Waals surface area contributed by atoms with E-state index < -0.39 is 64.5 Å². The number of methoxy groups -OCH3 is 2. The molecule has 24 heteroatoms. The number of Topliss-reactive ketones (excluding diaryl/α,β-unsaturated/α-hetero) is 4. The molecule has 0 bridgehead atoms. The van der Waals surface area contributed by atoms with Crippen LogP contribution in [-0.4, -0.2) is 145 Å². The minimum Gasteiger partial charge on any atom is -0.466 e. The molecule has 4 N–H and O–H groups in total. The maximum Gasteiger partial charge on any atom is 0.336 e. The van der Waals surface area contributed by atoms with E-state index in [9.17, 15) is 38.6 Å². The predicted octanol–water partition coefficient (Wildman–Crippen LogP) is 5.66. The first kappa shape index (κ1) is 63.4. The molecule has 75 heavy (non-hydrogen) atoms. The number of rotatable bonds is 30. The number of carbonyl (C=O) groups is 6. The number of nitrogens with two attached hydrogens (primary N) is 1. The summed E-state index contributed by atoms with van der Waals surface area (Å²) in [6, 6.07) is 14.2. The fourth-order valence-corrected chi connectivity index (χ4v) is 8.54. The number of allylic oxidation sites excluding steroid dienone is 2. The number of carbonyl (C=O) groups excluding carboxylic acids is 6. The van der Waals surface area contributed by atoms with Gasteiger partial charge in [0, 0.05) is 52.8 Å². The predicted molar refractivity (Wildman–Crippen MR) is 276 cm³/mol. The lowest BCUT2D eigenvalue weighted by Gasteiger charge is -2.40. The van der Waals surface area contributed by atoms with E-state index in [1.54, 1.807) is 50.2 Å². The molecule has 3 atom stereocenters. The second-order valence-electron chi connectivity index (χ2n) is 17.3. The molecule has 0 amide bonds. The highest BCUT2D eigenvalue weighted by Gasteiger charge is 2.45. The molecule has 2 aromatic rings. The molecule has 2 aliphatic heterocycles. The van der Waals surface area contributed by atoms with Crippen molar-refractivity contribution in [2.75, 3.05) is 94.3 Å². The van der Waals surface area contributed by atoms with E-state index in [1.807, 2.05) is 19.1 Å². The van der Waals surface area contributed by atoms with Gasteiger partial charge in [0.05, 0.1) is 90.5 Å². The van der Waals surface area contributed by atoms with Crippen LogP contribution < -0.4 is 16.4 Å². The average molecular weight is 1090 g/mol. The van der Waals surface area contributed by atoms with E-state index in [-0.39, 0.29) is 71.3 Å². The Kier molecular flexibility index (Phi) is 25.8. The van der Waals surface area contributed by atoms with Gasteiger partial charge in [-0.3, -0.25) is 19.2 Å². The molecule has 0 saturated heterocycles. The van der Waals surface area contributed by atoms with E-state index in [0.29, 0.717) is 49.4 Å². The van der Waals surface area contributed by atoms with Gasteiger partial charge in [-0.05, 0) is 74.2 Å². The minimum absolute atomic E-state index is 0.0256. The van der Waals surface area contributed by atoms with Crippen molar-refractivity contribution in [1.82, 2.24) is 15.5 Å². The highest BCUT2D eigenvalue weighted by atomic mass is 35.5. The smallest absolute Gasteiger partial charge is 0.336 e. The molecule has 0 saturated carbocycles. The lowest BCUT2D eigenvalue weighted by molar-refractivity contribution is -0.265.